The van der Waals surface area contributed by atoms with Gasteiger partial charge in [-0.1, -0.05) is 18.2 Å². The second-order valence-corrected chi connectivity index (χ2v) is 6.32. The number of aromatic nitrogens is 2. The summed E-state index contributed by atoms with van der Waals surface area (Å²) in [4.78, 5) is 22.2. The number of benzene rings is 2. The van der Waals surface area contributed by atoms with Gasteiger partial charge in [0.15, 0.2) is 0 Å². The van der Waals surface area contributed by atoms with E-state index >= 15 is 0 Å². The van der Waals surface area contributed by atoms with E-state index in [0.29, 0.717) is 28.4 Å². The Hall–Kier alpha value is -4.11. The number of nitrogens with one attached hydrogen (secondary N) is 2. The molecule has 136 valence electrons. The normalized spacial score (nSPS) is 11.1. The molecule has 0 bridgehead atoms. The maximum Gasteiger partial charge on any atom is 0.258 e. The Balaban J connectivity index is 1.80. The molecule has 2 heterocycles. The Morgan fingerprint density at radius 1 is 1.11 bits per heavy atom. The van der Waals surface area contributed by atoms with Crippen molar-refractivity contribution >= 4 is 22.7 Å². The van der Waals surface area contributed by atoms with Crippen LogP contribution in [0.4, 0.5) is 5.69 Å². The summed E-state index contributed by atoms with van der Waals surface area (Å²) >= 11 is 0. The summed E-state index contributed by atoms with van der Waals surface area (Å²) in [6, 6.07) is 18.7. The molecular formula is C22H16N4O2. The van der Waals surface area contributed by atoms with Gasteiger partial charge >= 0.3 is 0 Å². The molecule has 28 heavy (non-hydrogen) atoms. The number of H-pyrrole nitrogens is 2. The average Bonchev–Trinajstić information content (AvgIpc) is 3.24. The third kappa shape index (κ3) is 3.29. The molecule has 0 aliphatic rings. The molecule has 0 saturated carbocycles. The summed E-state index contributed by atoms with van der Waals surface area (Å²) in [5.74, 6) is -0.231. The van der Waals surface area contributed by atoms with Crippen molar-refractivity contribution in [2.75, 3.05) is 0 Å². The Morgan fingerprint density at radius 3 is 2.64 bits per heavy atom. The number of fused-ring (bicyclic) bond motifs is 1. The maximum atomic E-state index is 12.2. The van der Waals surface area contributed by atoms with Gasteiger partial charge in [-0.3, -0.25) is 14.8 Å². The predicted molar refractivity (Wildman–Crippen MR) is 109 cm³/mol. The van der Waals surface area contributed by atoms with Crippen molar-refractivity contribution in [1.82, 2.24) is 9.97 Å². The molecule has 2 aromatic carbocycles. The lowest BCUT2D eigenvalue weighted by Crippen LogP contribution is -2.08. The van der Waals surface area contributed by atoms with Crippen molar-refractivity contribution < 1.29 is 5.11 Å². The van der Waals surface area contributed by atoms with Crippen molar-refractivity contribution in [3.63, 3.8) is 0 Å². The fourth-order valence-electron chi connectivity index (χ4n) is 3.07. The highest BCUT2D eigenvalue weighted by Gasteiger charge is 2.11. The summed E-state index contributed by atoms with van der Waals surface area (Å²) in [5.41, 5.74) is 3.48. The van der Waals surface area contributed by atoms with E-state index in [1.54, 1.807) is 18.2 Å². The number of aliphatic imine (C=N–C) groups is 1. The zero-order valence-electron chi connectivity index (χ0n) is 14.8. The van der Waals surface area contributed by atoms with Crippen LogP contribution in [0.1, 0.15) is 11.1 Å². The van der Waals surface area contributed by atoms with Gasteiger partial charge in [0.25, 0.3) is 5.56 Å². The van der Waals surface area contributed by atoms with Crippen LogP contribution >= 0.6 is 0 Å². The standard InChI is InChI=1S/C22H16N4O2/c23-10-9-14-3-6-16(7-4-14)25-13-19-18-12-15(20-2-1-11-24-20)5-8-17(18)21(27)26-22(19)28/h1-8,11-13,24H,9H2,(H2,26,27,28). The molecule has 0 saturated heterocycles. The van der Waals surface area contributed by atoms with Crippen LogP contribution in [0.5, 0.6) is 5.88 Å². The molecule has 0 spiro atoms. The maximum absolute atomic E-state index is 12.2. The van der Waals surface area contributed by atoms with Gasteiger partial charge < -0.3 is 10.1 Å². The fourth-order valence-corrected chi connectivity index (χ4v) is 3.07. The van der Waals surface area contributed by atoms with Gasteiger partial charge in [-0.2, -0.15) is 5.26 Å². The molecule has 0 atom stereocenters. The third-order valence-electron chi connectivity index (χ3n) is 4.51. The second-order valence-electron chi connectivity index (χ2n) is 6.32. The minimum absolute atomic E-state index is 0.231. The molecule has 0 amide bonds. The lowest BCUT2D eigenvalue weighted by atomic mass is 10.0. The van der Waals surface area contributed by atoms with Gasteiger partial charge in [-0.25, -0.2) is 0 Å². The summed E-state index contributed by atoms with van der Waals surface area (Å²) in [6.45, 7) is 0. The van der Waals surface area contributed by atoms with Crippen LogP contribution in [0.15, 0.2) is 70.6 Å². The third-order valence-corrected chi connectivity index (χ3v) is 4.51. The van der Waals surface area contributed by atoms with Crippen molar-refractivity contribution in [2.45, 2.75) is 6.42 Å². The predicted octanol–water partition coefficient (Wildman–Crippen LogP) is 4.05. The van der Waals surface area contributed by atoms with Crippen molar-refractivity contribution in [3.05, 3.63) is 82.3 Å². The molecule has 4 rings (SSSR count). The van der Waals surface area contributed by atoms with Crippen molar-refractivity contribution in [3.8, 4) is 23.2 Å². The number of pyridine rings is 1. The van der Waals surface area contributed by atoms with E-state index < -0.39 is 0 Å². The van der Waals surface area contributed by atoms with Crippen LogP contribution in [0.25, 0.3) is 22.0 Å². The Bertz CT molecular complexity index is 1260. The van der Waals surface area contributed by atoms with Gasteiger partial charge in [-0.05, 0) is 47.5 Å². The first kappa shape index (κ1) is 17.3. The molecule has 3 N–H and O–H groups in total. The Morgan fingerprint density at radius 2 is 1.93 bits per heavy atom. The number of aromatic hydroxyl groups is 1. The minimum atomic E-state index is -0.358. The first-order chi connectivity index (χ1) is 13.7. The summed E-state index contributed by atoms with van der Waals surface area (Å²) in [6.07, 6.45) is 3.70. The van der Waals surface area contributed by atoms with E-state index in [1.165, 1.54) is 6.21 Å². The highest BCUT2D eigenvalue weighted by atomic mass is 16.3. The van der Waals surface area contributed by atoms with Crippen LogP contribution in [0, 0.1) is 11.3 Å². The van der Waals surface area contributed by atoms with Gasteiger partial charge in [0.1, 0.15) is 0 Å². The van der Waals surface area contributed by atoms with Gasteiger partial charge in [0, 0.05) is 28.9 Å². The van der Waals surface area contributed by atoms with Crippen LogP contribution in [0.2, 0.25) is 0 Å². The lowest BCUT2D eigenvalue weighted by molar-refractivity contribution is 0.452. The average molecular weight is 368 g/mol. The number of hydrogen-bond acceptors (Lipinski definition) is 4. The molecule has 2 aromatic heterocycles. The fraction of sp³-hybridized carbons (Fsp3) is 0.0455. The van der Waals surface area contributed by atoms with Crippen LogP contribution in [-0.4, -0.2) is 21.3 Å². The second kappa shape index (κ2) is 7.25. The van der Waals surface area contributed by atoms with Crippen LogP contribution in [0.3, 0.4) is 0 Å². The van der Waals surface area contributed by atoms with Crippen LogP contribution in [-0.2, 0) is 6.42 Å². The monoisotopic (exact) mass is 368 g/mol. The van der Waals surface area contributed by atoms with Gasteiger partial charge in [0.2, 0.25) is 5.88 Å². The number of aromatic amines is 2. The van der Waals surface area contributed by atoms with E-state index in [9.17, 15) is 9.90 Å². The minimum Gasteiger partial charge on any atom is -0.494 e. The van der Waals surface area contributed by atoms with Crippen LogP contribution < -0.4 is 5.56 Å². The summed E-state index contributed by atoms with van der Waals surface area (Å²) < 4.78 is 0. The molecule has 4 aromatic rings. The summed E-state index contributed by atoms with van der Waals surface area (Å²) in [5, 5.41) is 20.1. The zero-order valence-corrected chi connectivity index (χ0v) is 14.8. The molecule has 0 aliphatic heterocycles. The molecule has 6 heteroatoms. The number of nitriles is 1. The highest BCUT2D eigenvalue weighted by molar-refractivity contribution is 6.03. The molecule has 0 aliphatic carbocycles. The quantitative estimate of drug-likeness (QED) is 0.473. The smallest absolute Gasteiger partial charge is 0.258 e. The van der Waals surface area contributed by atoms with E-state index in [4.69, 9.17) is 5.26 Å². The number of nitrogens with zero attached hydrogens (tertiary/aromatic N) is 2. The topological polar surface area (TPSA) is 105 Å². The van der Waals surface area contributed by atoms with Gasteiger partial charge in [0.05, 0.1) is 23.7 Å². The van der Waals surface area contributed by atoms with E-state index in [-0.39, 0.29) is 11.4 Å². The van der Waals surface area contributed by atoms with E-state index in [0.717, 1.165) is 16.8 Å². The Kier molecular flexibility index (Phi) is 4.48. The number of hydrogen-bond donors (Lipinski definition) is 3. The highest BCUT2D eigenvalue weighted by Crippen LogP contribution is 2.27. The summed E-state index contributed by atoms with van der Waals surface area (Å²) in [7, 11) is 0. The molecule has 0 unspecified atom stereocenters. The van der Waals surface area contributed by atoms with Crippen molar-refractivity contribution in [1.29, 1.82) is 5.26 Å². The molecule has 6 nitrogen and oxygen atoms in total. The van der Waals surface area contributed by atoms with Gasteiger partial charge in [-0.15, -0.1) is 0 Å². The SMILES string of the molecule is N#CCc1ccc(N=Cc2c(O)[nH]c(=O)c3ccc(-c4ccc[nH]4)cc23)cc1. The number of rotatable bonds is 4. The first-order valence-corrected chi connectivity index (χ1v) is 8.68. The molecule has 0 fully saturated rings. The first-order valence-electron chi connectivity index (χ1n) is 8.68. The molecular weight excluding hydrogens is 352 g/mol. The van der Waals surface area contributed by atoms with E-state index in [2.05, 4.69) is 21.0 Å². The lowest BCUT2D eigenvalue weighted by Gasteiger charge is -2.07. The largest absolute Gasteiger partial charge is 0.494 e. The van der Waals surface area contributed by atoms with Crippen molar-refractivity contribution in [2.24, 2.45) is 4.99 Å². The Labute approximate surface area is 160 Å². The van der Waals surface area contributed by atoms with E-state index in [1.807, 2.05) is 42.6 Å². The zero-order chi connectivity index (χ0) is 19.5. The molecule has 0 radical (unpaired) electrons.